The van der Waals surface area contributed by atoms with E-state index in [4.69, 9.17) is 0 Å². The predicted octanol–water partition coefficient (Wildman–Crippen LogP) is 3.89. The molecule has 11 heteroatoms. The van der Waals surface area contributed by atoms with Crippen LogP contribution in [0.1, 0.15) is 16.1 Å². The molecule has 5 nitrogen and oxygen atoms in total. The van der Waals surface area contributed by atoms with Gasteiger partial charge in [0.15, 0.2) is 13.2 Å². The predicted molar refractivity (Wildman–Crippen MR) is 84.9 cm³/mol. The van der Waals surface area contributed by atoms with Gasteiger partial charge in [0.1, 0.15) is 11.5 Å². The summed E-state index contributed by atoms with van der Waals surface area (Å²) in [5.74, 6) is -0.617. The summed E-state index contributed by atoms with van der Waals surface area (Å²) in [6.45, 7) is -2.88. The zero-order valence-corrected chi connectivity index (χ0v) is 14.1. The van der Waals surface area contributed by atoms with Crippen molar-refractivity contribution in [2.45, 2.75) is 18.9 Å². The summed E-state index contributed by atoms with van der Waals surface area (Å²) < 4.78 is 81.5. The fraction of sp³-hybridized carbons (Fsp3) is 0.294. The average molecular weight is 408 g/mol. The number of amides is 1. The lowest BCUT2D eigenvalue weighted by atomic mass is 10.2. The van der Waals surface area contributed by atoms with Gasteiger partial charge in [-0.05, 0) is 36.4 Å². The summed E-state index contributed by atoms with van der Waals surface area (Å²) in [6, 6.07) is 7.72. The SMILES string of the molecule is O=C(NCc1ccc(OCC(F)(F)F)cn1)c1ccc(OCC(F)(F)F)cc1. The molecule has 0 aliphatic heterocycles. The topological polar surface area (TPSA) is 60.5 Å². The number of aromatic nitrogens is 1. The van der Waals surface area contributed by atoms with Crippen LogP contribution in [0.15, 0.2) is 42.6 Å². The van der Waals surface area contributed by atoms with Crippen molar-refractivity contribution < 1.29 is 40.6 Å². The van der Waals surface area contributed by atoms with Crippen LogP contribution < -0.4 is 14.8 Å². The first-order valence-corrected chi connectivity index (χ1v) is 7.74. The second-order valence-electron chi connectivity index (χ2n) is 5.50. The number of nitrogens with zero attached hydrogens (tertiary/aromatic N) is 1. The normalized spacial score (nSPS) is 11.8. The van der Waals surface area contributed by atoms with E-state index in [-0.39, 0.29) is 23.6 Å². The third kappa shape index (κ3) is 7.72. The second kappa shape index (κ2) is 8.81. The molecule has 0 bridgehead atoms. The van der Waals surface area contributed by atoms with Gasteiger partial charge >= 0.3 is 12.4 Å². The number of ether oxygens (including phenoxy) is 2. The minimum atomic E-state index is -4.46. The maximum Gasteiger partial charge on any atom is 0.422 e. The highest BCUT2D eigenvalue weighted by Gasteiger charge is 2.29. The number of hydrogen-bond acceptors (Lipinski definition) is 4. The van der Waals surface area contributed by atoms with E-state index in [0.29, 0.717) is 5.69 Å². The Kier molecular flexibility index (Phi) is 6.71. The van der Waals surface area contributed by atoms with Crippen LogP contribution in [0, 0.1) is 0 Å². The minimum Gasteiger partial charge on any atom is -0.484 e. The number of pyridine rings is 1. The van der Waals surface area contributed by atoms with Crippen molar-refractivity contribution in [1.29, 1.82) is 0 Å². The molecule has 0 unspecified atom stereocenters. The van der Waals surface area contributed by atoms with Crippen molar-refractivity contribution in [1.82, 2.24) is 10.3 Å². The van der Waals surface area contributed by atoms with Gasteiger partial charge in [-0.25, -0.2) is 0 Å². The first-order chi connectivity index (χ1) is 13.0. The zero-order valence-electron chi connectivity index (χ0n) is 14.1. The summed E-state index contributed by atoms with van der Waals surface area (Å²) >= 11 is 0. The van der Waals surface area contributed by atoms with Gasteiger partial charge in [-0.1, -0.05) is 0 Å². The van der Waals surface area contributed by atoms with Crippen molar-refractivity contribution in [3.63, 3.8) is 0 Å². The lowest BCUT2D eigenvalue weighted by Crippen LogP contribution is -2.23. The molecule has 2 aromatic rings. The van der Waals surface area contributed by atoms with E-state index in [1.165, 1.54) is 36.4 Å². The Morgan fingerprint density at radius 2 is 1.39 bits per heavy atom. The molecule has 28 heavy (non-hydrogen) atoms. The molecule has 0 saturated carbocycles. The first kappa shape index (κ1) is 21.3. The van der Waals surface area contributed by atoms with Crippen LogP contribution in [-0.2, 0) is 6.54 Å². The van der Waals surface area contributed by atoms with Gasteiger partial charge in [0, 0.05) is 5.56 Å². The van der Waals surface area contributed by atoms with E-state index in [1.807, 2.05) is 0 Å². The van der Waals surface area contributed by atoms with Crippen molar-refractivity contribution in [3.05, 3.63) is 53.9 Å². The van der Waals surface area contributed by atoms with E-state index < -0.39 is 31.5 Å². The highest BCUT2D eigenvalue weighted by atomic mass is 19.4. The highest BCUT2D eigenvalue weighted by Crippen LogP contribution is 2.19. The molecular formula is C17H14F6N2O3. The number of hydrogen-bond donors (Lipinski definition) is 1. The van der Waals surface area contributed by atoms with Crippen LogP contribution >= 0.6 is 0 Å². The Morgan fingerprint density at radius 3 is 1.89 bits per heavy atom. The maximum atomic E-state index is 12.1. The monoisotopic (exact) mass is 408 g/mol. The molecule has 0 aliphatic rings. The Hall–Kier alpha value is -2.98. The van der Waals surface area contributed by atoms with Crippen LogP contribution in [0.2, 0.25) is 0 Å². The van der Waals surface area contributed by atoms with Crippen LogP contribution in [-0.4, -0.2) is 36.5 Å². The van der Waals surface area contributed by atoms with Crippen LogP contribution in [0.3, 0.4) is 0 Å². The first-order valence-electron chi connectivity index (χ1n) is 7.74. The summed E-state index contributed by atoms with van der Waals surface area (Å²) in [5.41, 5.74) is 0.558. The maximum absolute atomic E-state index is 12.1. The molecule has 152 valence electrons. The van der Waals surface area contributed by atoms with E-state index in [9.17, 15) is 31.1 Å². The Labute approximate surface area is 155 Å². The number of halogens is 6. The molecule has 1 aromatic carbocycles. The molecule has 0 radical (unpaired) electrons. The standard InChI is InChI=1S/C17H14F6N2O3/c18-16(19,20)9-27-13-4-1-11(2-5-13)15(26)25-7-12-3-6-14(8-24-12)28-10-17(21,22)23/h1-6,8H,7,9-10H2,(H,25,26). The quantitative estimate of drug-likeness (QED) is 0.707. The molecule has 0 spiro atoms. The number of carbonyl (C=O) groups excluding carboxylic acids is 1. The van der Waals surface area contributed by atoms with E-state index in [0.717, 1.165) is 6.20 Å². The molecule has 1 aromatic heterocycles. The third-order valence-electron chi connectivity index (χ3n) is 3.15. The number of carbonyl (C=O) groups is 1. The van der Waals surface area contributed by atoms with Gasteiger partial charge in [-0.3, -0.25) is 9.78 Å². The van der Waals surface area contributed by atoms with Crippen LogP contribution in [0.4, 0.5) is 26.3 Å². The van der Waals surface area contributed by atoms with Crippen molar-refractivity contribution >= 4 is 5.91 Å². The summed E-state index contributed by atoms with van der Waals surface area (Å²) in [4.78, 5) is 15.9. The zero-order chi connectivity index (χ0) is 20.8. The average Bonchev–Trinajstić information content (AvgIpc) is 2.63. The molecule has 0 saturated heterocycles. The fourth-order valence-corrected chi connectivity index (χ4v) is 1.91. The fourth-order valence-electron chi connectivity index (χ4n) is 1.91. The Balaban J connectivity index is 1.83. The molecule has 1 amide bonds. The molecular weight excluding hydrogens is 394 g/mol. The molecule has 2 rings (SSSR count). The van der Waals surface area contributed by atoms with E-state index in [1.54, 1.807) is 0 Å². The smallest absolute Gasteiger partial charge is 0.422 e. The van der Waals surface area contributed by atoms with Crippen molar-refractivity contribution in [2.24, 2.45) is 0 Å². The summed E-state index contributed by atoms with van der Waals surface area (Å²) in [5, 5.41) is 2.52. The van der Waals surface area contributed by atoms with Gasteiger partial charge in [-0.2, -0.15) is 26.3 Å². The lowest BCUT2D eigenvalue weighted by molar-refractivity contribution is -0.154. The Morgan fingerprint density at radius 1 is 0.857 bits per heavy atom. The molecule has 0 aliphatic carbocycles. The summed E-state index contributed by atoms with van der Waals surface area (Å²) in [6.07, 6.45) is -7.82. The highest BCUT2D eigenvalue weighted by molar-refractivity contribution is 5.94. The van der Waals surface area contributed by atoms with Crippen molar-refractivity contribution in [3.8, 4) is 11.5 Å². The summed E-state index contributed by atoms with van der Waals surface area (Å²) in [7, 11) is 0. The van der Waals surface area contributed by atoms with Gasteiger partial charge < -0.3 is 14.8 Å². The Bertz CT molecular complexity index is 773. The van der Waals surface area contributed by atoms with Crippen LogP contribution in [0.25, 0.3) is 0 Å². The number of nitrogens with one attached hydrogen (secondary N) is 1. The molecule has 1 N–H and O–H groups in total. The van der Waals surface area contributed by atoms with E-state index >= 15 is 0 Å². The molecule has 0 atom stereocenters. The number of alkyl halides is 6. The van der Waals surface area contributed by atoms with Crippen LogP contribution in [0.5, 0.6) is 11.5 Å². The lowest BCUT2D eigenvalue weighted by Gasteiger charge is -2.10. The molecule has 0 fully saturated rings. The van der Waals surface area contributed by atoms with Gasteiger partial charge in [0.2, 0.25) is 0 Å². The molecule has 1 heterocycles. The van der Waals surface area contributed by atoms with Crippen molar-refractivity contribution in [2.75, 3.05) is 13.2 Å². The van der Waals surface area contributed by atoms with E-state index in [2.05, 4.69) is 19.8 Å². The van der Waals surface area contributed by atoms with Gasteiger partial charge in [-0.15, -0.1) is 0 Å². The number of benzene rings is 1. The second-order valence-corrected chi connectivity index (χ2v) is 5.50. The third-order valence-corrected chi connectivity index (χ3v) is 3.15. The van der Waals surface area contributed by atoms with Gasteiger partial charge in [0.25, 0.3) is 5.91 Å². The largest absolute Gasteiger partial charge is 0.484 e. The number of rotatable bonds is 7. The minimum absolute atomic E-state index is 0.00922. The van der Waals surface area contributed by atoms with Gasteiger partial charge in [0.05, 0.1) is 18.4 Å².